The molecule has 27 heavy (non-hydrogen) atoms. The number of para-hydroxylation sites is 1. The molecule has 0 spiro atoms. The topological polar surface area (TPSA) is 29.5 Å². The van der Waals surface area contributed by atoms with E-state index in [2.05, 4.69) is 24.4 Å². The van der Waals surface area contributed by atoms with Crippen molar-refractivity contribution in [2.75, 3.05) is 11.9 Å². The van der Waals surface area contributed by atoms with Crippen LogP contribution >= 0.6 is 11.3 Å². The van der Waals surface area contributed by atoms with Crippen LogP contribution in [-0.2, 0) is 0 Å². The lowest BCUT2D eigenvalue weighted by molar-refractivity contribution is 0.0992. The van der Waals surface area contributed by atoms with Crippen molar-refractivity contribution in [2.24, 2.45) is 0 Å². The van der Waals surface area contributed by atoms with Gasteiger partial charge in [0.05, 0.1) is 0 Å². The largest absolute Gasteiger partial charge is 0.485 e. The minimum Gasteiger partial charge on any atom is -0.485 e. The first-order chi connectivity index (χ1) is 13.2. The second-order valence-electron chi connectivity index (χ2n) is 6.49. The molecule has 0 saturated carbocycles. The summed E-state index contributed by atoms with van der Waals surface area (Å²) in [6, 6.07) is 21.3. The van der Waals surface area contributed by atoms with Crippen molar-refractivity contribution in [1.29, 1.82) is 0 Å². The molecule has 1 aromatic heterocycles. The number of hydrogen-bond donors (Lipinski definition) is 0. The molecule has 3 aromatic rings. The highest BCUT2D eigenvalue weighted by Crippen LogP contribution is 2.30. The van der Waals surface area contributed by atoms with Crippen LogP contribution in [0.1, 0.15) is 47.5 Å². The SMILES string of the molecule is CCCCC(Oc1cccc(C(=O)N(C)c2ccccc2)c1)c1cccs1. The van der Waals surface area contributed by atoms with Crippen LogP contribution in [-0.4, -0.2) is 13.0 Å². The van der Waals surface area contributed by atoms with Crippen molar-refractivity contribution in [3.8, 4) is 5.75 Å². The summed E-state index contributed by atoms with van der Waals surface area (Å²) in [4.78, 5) is 15.7. The van der Waals surface area contributed by atoms with E-state index in [0.29, 0.717) is 5.56 Å². The van der Waals surface area contributed by atoms with Crippen LogP contribution in [0.25, 0.3) is 0 Å². The van der Waals surface area contributed by atoms with Gasteiger partial charge in [-0.3, -0.25) is 4.79 Å². The van der Waals surface area contributed by atoms with E-state index in [1.54, 1.807) is 23.3 Å². The summed E-state index contributed by atoms with van der Waals surface area (Å²) >= 11 is 1.71. The Labute approximate surface area is 165 Å². The molecule has 4 heteroatoms. The molecule has 0 radical (unpaired) electrons. The molecule has 1 unspecified atom stereocenters. The Morgan fingerprint density at radius 3 is 2.59 bits per heavy atom. The van der Waals surface area contributed by atoms with Crippen molar-refractivity contribution in [1.82, 2.24) is 0 Å². The van der Waals surface area contributed by atoms with E-state index < -0.39 is 0 Å². The van der Waals surface area contributed by atoms with Gasteiger partial charge in [0.1, 0.15) is 11.9 Å². The Balaban J connectivity index is 1.77. The number of nitrogens with zero attached hydrogens (tertiary/aromatic N) is 1. The molecule has 0 bridgehead atoms. The van der Waals surface area contributed by atoms with Gasteiger partial charge >= 0.3 is 0 Å². The second kappa shape index (κ2) is 9.38. The molecule has 0 aliphatic rings. The van der Waals surface area contributed by atoms with E-state index in [9.17, 15) is 4.79 Å². The Morgan fingerprint density at radius 1 is 1.07 bits per heavy atom. The number of anilines is 1. The zero-order valence-corrected chi connectivity index (χ0v) is 16.6. The molecule has 3 nitrogen and oxygen atoms in total. The number of ether oxygens (including phenoxy) is 1. The number of hydrogen-bond acceptors (Lipinski definition) is 3. The van der Waals surface area contributed by atoms with Crippen molar-refractivity contribution in [3.63, 3.8) is 0 Å². The predicted molar refractivity (Wildman–Crippen MR) is 113 cm³/mol. The summed E-state index contributed by atoms with van der Waals surface area (Å²) in [6.45, 7) is 2.18. The molecular weight excluding hydrogens is 354 g/mol. The molecule has 1 heterocycles. The fourth-order valence-electron chi connectivity index (χ4n) is 2.95. The average molecular weight is 380 g/mol. The Kier molecular flexibility index (Phi) is 6.66. The van der Waals surface area contributed by atoms with E-state index in [1.165, 1.54) is 4.88 Å². The van der Waals surface area contributed by atoms with Gasteiger partial charge in [-0.15, -0.1) is 11.3 Å². The van der Waals surface area contributed by atoms with Crippen LogP contribution in [0.4, 0.5) is 5.69 Å². The van der Waals surface area contributed by atoms with Crippen LogP contribution in [0, 0.1) is 0 Å². The molecule has 1 atom stereocenters. The van der Waals surface area contributed by atoms with E-state index >= 15 is 0 Å². The maximum Gasteiger partial charge on any atom is 0.258 e. The van der Waals surface area contributed by atoms with Crippen molar-refractivity contribution in [3.05, 3.63) is 82.6 Å². The van der Waals surface area contributed by atoms with Crippen LogP contribution in [0.15, 0.2) is 72.1 Å². The number of rotatable bonds is 8. The van der Waals surface area contributed by atoms with Gasteiger partial charge in [0, 0.05) is 23.2 Å². The first-order valence-corrected chi connectivity index (χ1v) is 10.2. The van der Waals surface area contributed by atoms with Crippen molar-refractivity contribution < 1.29 is 9.53 Å². The lowest BCUT2D eigenvalue weighted by Gasteiger charge is -2.20. The van der Waals surface area contributed by atoms with Crippen LogP contribution in [0.5, 0.6) is 5.75 Å². The van der Waals surface area contributed by atoms with Gasteiger partial charge in [-0.1, -0.05) is 43.7 Å². The van der Waals surface area contributed by atoms with Gasteiger partial charge in [0.15, 0.2) is 0 Å². The highest BCUT2D eigenvalue weighted by Gasteiger charge is 2.17. The molecule has 140 valence electrons. The fourth-order valence-corrected chi connectivity index (χ4v) is 3.74. The minimum absolute atomic E-state index is 0.0298. The minimum atomic E-state index is -0.0483. The molecule has 3 rings (SSSR count). The molecule has 0 N–H and O–H groups in total. The standard InChI is InChI=1S/C23H25NO2S/c1-3-4-14-21(22-15-9-16-27-22)26-20-13-8-10-18(17-20)23(25)24(2)19-11-6-5-7-12-19/h5-13,15-17,21H,3-4,14H2,1-2H3. The Bertz CT molecular complexity index is 846. The molecular formula is C23H25NO2S. The maximum atomic E-state index is 12.9. The van der Waals surface area contributed by atoms with Crippen LogP contribution < -0.4 is 9.64 Å². The van der Waals surface area contributed by atoms with Gasteiger partial charge < -0.3 is 9.64 Å². The Hall–Kier alpha value is -2.59. The number of benzene rings is 2. The number of unbranched alkanes of at least 4 members (excludes halogenated alkanes) is 1. The highest BCUT2D eigenvalue weighted by molar-refractivity contribution is 7.10. The van der Waals surface area contributed by atoms with Crippen molar-refractivity contribution in [2.45, 2.75) is 32.3 Å². The second-order valence-corrected chi connectivity index (χ2v) is 7.47. The normalized spacial score (nSPS) is 11.8. The predicted octanol–water partition coefficient (Wildman–Crippen LogP) is 6.34. The zero-order chi connectivity index (χ0) is 19.1. The number of carbonyl (C=O) groups excluding carboxylic acids is 1. The summed E-state index contributed by atoms with van der Waals surface area (Å²) < 4.78 is 6.28. The average Bonchev–Trinajstić information content (AvgIpc) is 3.25. The zero-order valence-electron chi connectivity index (χ0n) is 15.8. The van der Waals surface area contributed by atoms with E-state index in [4.69, 9.17) is 4.74 Å². The van der Waals surface area contributed by atoms with Gasteiger partial charge in [-0.25, -0.2) is 0 Å². The number of thiophene rings is 1. The molecule has 0 saturated heterocycles. The van der Waals surface area contributed by atoms with E-state index in [-0.39, 0.29) is 12.0 Å². The third-order valence-corrected chi connectivity index (χ3v) is 5.45. The first kappa shape index (κ1) is 19.2. The number of amides is 1. The molecule has 0 aliphatic heterocycles. The highest BCUT2D eigenvalue weighted by atomic mass is 32.1. The van der Waals surface area contributed by atoms with Gasteiger partial charge in [0.2, 0.25) is 0 Å². The lowest BCUT2D eigenvalue weighted by Crippen LogP contribution is -2.26. The summed E-state index contributed by atoms with van der Waals surface area (Å²) in [6.07, 6.45) is 3.24. The lowest BCUT2D eigenvalue weighted by atomic mass is 10.1. The maximum absolute atomic E-state index is 12.9. The summed E-state index contributed by atoms with van der Waals surface area (Å²) in [5.41, 5.74) is 1.49. The van der Waals surface area contributed by atoms with Gasteiger partial charge in [-0.05, 0) is 54.6 Å². The third-order valence-electron chi connectivity index (χ3n) is 4.49. The van der Waals surface area contributed by atoms with E-state index in [1.807, 2.05) is 54.6 Å². The summed E-state index contributed by atoms with van der Waals surface area (Å²) in [5, 5.41) is 2.08. The smallest absolute Gasteiger partial charge is 0.258 e. The third kappa shape index (κ3) is 4.98. The van der Waals surface area contributed by atoms with Crippen LogP contribution in [0.3, 0.4) is 0 Å². The van der Waals surface area contributed by atoms with Crippen molar-refractivity contribution >= 4 is 22.9 Å². The first-order valence-electron chi connectivity index (χ1n) is 9.32. The fraction of sp³-hybridized carbons (Fsp3) is 0.261. The summed E-state index contributed by atoms with van der Waals surface area (Å²) in [7, 11) is 1.79. The molecule has 2 aromatic carbocycles. The molecule has 1 amide bonds. The van der Waals surface area contributed by atoms with Gasteiger partial charge in [0.25, 0.3) is 5.91 Å². The van der Waals surface area contributed by atoms with E-state index in [0.717, 1.165) is 30.7 Å². The molecule has 0 aliphatic carbocycles. The van der Waals surface area contributed by atoms with Crippen LogP contribution in [0.2, 0.25) is 0 Å². The van der Waals surface area contributed by atoms with Gasteiger partial charge in [-0.2, -0.15) is 0 Å². The monoisotopic (exact) mass is 379 g/mol. The number of carbonyl (C=O) groups is 1. The molecule has 0 fully saturated rings. The Morgan fingerprint density at radius 2 is 1.89 bits per heavy atom. The summed E-state index contributed by atoms with van der Waals surface area (Å²) in [5.74, 6) is 0.685. The quantitative estimate of drug-likeness (QED) is 0.457.